The fraction of sp³-hybridized carbons (Fsp3) is 0.333. The number of benzene rings is 1. The fourth-order valence-corrected chi connectivity index (χ4v) is 0.870. The zero-order chi connectivity index (χ0) is 12.4. The molecule has 16 heavy (non-hydrogen) atoms. The number of esters is 1. The number of aryl methyl sites for hydroxylation is 1. The van der Waals surface area contributed by atoms with Crippen LogP contribution in [-0.2, 0) is 14.3 Å². The van der Waals surface area contributed by atoms with Crippen LogP contribution in [0.25, 0.3) is 0 Å². The average molecular weight is 224 g/mol. The van der Waals surface area contributed by atoms with Crippen LogP contribution in [0.3, 0.4) is 0 Å². The Bertz CT molecular complexity index is 319. The summed E-state index contributed by atoms with van der Waals surface area (Å²) in [6, 6.07) is 10.3. The number of carbonyl (C=O) groups is 2. The van der Waals surface area contributed by atoms with Crippen molar-refractivity contribution in [2.75, 3.05) is 6.61 Å². The molecule has 88 valence electrons. The van der Waals surface area contributed by atoms with Gasteiger partial charge in [0.1, 0.15) is 6.42 Å². The Morgan fingerprint density at radius 3 is 2.12 bits per heavy atom. The van der Waals surface area contributed by atoms with Crippen LogP contribution in [0.4, 0.5) is 0 Å². The van der Waals surface area contributed by atoms with E-state index >= 15 is 0 Å². The van der Waals surface area contributed by atoms with Crippen molar-refractivity contribution in [1.29, 1.82) is 0 Å². The van der Waals surface area contributed by atoms with Crippen LogP contribution in [0, 0.1) is 6.92 Å². The zero-order valence-corrected chi connectivity index (χ0v) is 9.47. The van der Waals surface area contributed by atoms with E-state index in [0.717, 1.165) is 0 Å². The van der Waals surface area contributed by atoms with Crippen molar-refractivity contribution in [3.05, 3.63) is 35.9 Å². The summed E-state index contributed by atoms with van der Waals surface area (Å²) in [5, 5.41) is 8.01. The lowest BCUT2D eigenvalue weighted by atomic mass is 10.2. The van der Waals surface area contributed by atoms with Crippen LogP contribution in [0.15, 0.2) is 30.3 Å². The van der Waals surface area contributed by atoms with E-state index in [1.165, 1.54) is 5.56 Å². The van der Waals surface area contributed by atoms with Crippen molar-refractivity contribution in [1.82, 2.24) is 0 Å². The van der Waals surface area contributed by atoms with Gasteiger partial charge >= 0.3 is 11.9 Å². The number of hydrogen-bond acceptors (Lipinski definition) is 3. The number of carbonyl (C=O) groups excluding carboxylic acids is 1. The number of carboxylic acids is 1. The molecule has 0 heterocycles. The number of ether oxygens (including phenoxy) is 1. The van der Waals surface area contributed by atoms with Gasteiger partial charge in [-0.25, -0.2) is 0 Å². The van der Waals surface area contributed by atoms with Crippen LogP contribution in [-0.4, -0.2) is 23.7 Å². The predicted molar refractivity (Wildman–Crippen MR) is 60.1 cm³/mol. The van der Waals surface area contributed by atoms with Crippen molar-refractivity contribution < 1.29 is 19.4 Å². The minimum absolute atomic E-state index is 0.228. The van der Waals surface area contributed by atoms with E-state index in [1.807, 2.05) is 18.2 Å². The van der Waals surface area contributed by atoms with Crippen molar-refractivity contribution >= 4 is 11.9 Å². The molecule has 0 unspecified atom stereocenters. The molecule has 0 bridgehead atoms. The molecule has 0 saturated heterocycles. The van der Waals surface area contributed by atoms with E-state index in [9.17, 15) is 9.59 Å². The molecule has 0 aliphatic rings. The summed E-state index contributed by atoms with van der Waals surface area (Å²) in [5.41, 5.74) is 1.32. The Morgan fingerprint density at radius 2 is 1.81 bits per heavy atom. The first kappa shape index (κ1) is 14.2. The fourth-order valence-electron chi connectivity index (χ4n) is 0.870. The molecule has 0 amide bonds. The number of hydrogen-bond donors (Lipinski definition) is 1. The largest absolute Gasteiger partial charge is 0.481 e. The van der Waals surface area contributed by atoms with Gasteiger partial charge in [0.05, 0.1) is 6.61 Å². The van der Waals surface area contributed by atoms with E-state index in [2.05, 4.69) is 23.8 Å². The van der Waals surface area contributed by atoms with E-state index in [0.29, 0.717) is 0 Å². The van der Waals surface area contributed by atoms with Crippen LogP contribution in [0.5, 0.6) is 0 Å². The van der Waals surface area contributed by atoms with Crippen molar-refractivity contribution in [2.24, 2.45) is 0 Å². The Morgan fingerprint density at radius 1 is 1.25 bits per heavy atom. The summed E-state index contributed by atoms with van der Waals surface area (Å²) in [6.45, 7) is 3.94. The highest BCUT2D eigenvalue weighted by Gasteiger charge is 2.06. The molecule has 0 aliphatic carbocycles. The van der Waals surface area contributed by atoms with Crippen molar-refractivity contribution in [3.63, 3.8) is 0 Å². The van der Waals surface area contributed by atoms with E-state index in [4.69, 9.17) is 5.11 Å². The predicted octanol–water partition coefficient (Wildman–Crippen LogP) is 2.02. The van der Waals surface area contributed by atoms with Gasteiger partial charge in [-0.3, -0.25) is 9.59 Å². The van der Waals surface area contributed by atoms with Crippen LogP contribution >= 0.6 is 0 Å². The molecule has 4 heteroatoms. The van der Waals surface area contributed by atoms with Gasteiger partial charge in [-0.2, -0.15) is 0 Å². The standard InChI is InChI=1S/C7H8.C5H8O4/c1-7-5-3-2-4-6-7;1-2-9-5(8)3-4(6)7/h2-6H,1H3;2-3H2,1H3,(H,6,7). The van der Waals surface area contributed by atoms with Crippen LogP contribution in [0.1, 0.15) is 18.9 Å². The maximum Gasteiger partial charge on any atom is 0.317 e. The highest BCUT2D eigenvalue weighted by atomic mass is 16.5. The summed E-state index contributed by atoms with van der Waals surface area (Å²) in [4.78, 5) is 20.0. The molecule has 0 aromatic heterocycles. The van der Waals surface area contributed by atoms with Gasteiger partial charge in [0, 0.05) is 0 Å². The Kier molecular flexibility index (Phi) is 7.49. The highest BCUT2D eigenvalue weighted by molar-refractivity contribution is 5.90. The molecule has 0 saturated carbocycles. The summed E-state index contributed by atoms with van der Waals surface area (Å²) < 4.78 is 4.33. The van der Waals surface area contributed by atoms with E-state index in [1.54, 1.807) is 6.92 Å². The van der Waals surface area contributed by atoms with E-state index < -0.39 is 18.4 Å². The second-order valence-electron chi connectivity index (χ2n) is 3.03. The highest BCUT2D eigenvalue weighted by Crippen LogP contribution is 1.92. The lowest BCUT2D eigenvalue weighted by Gasteiger charge is -1.95. The minimum Gasteiger partial charge on any atom is -0.481 e. The first-order valence-electron chi connectivity index (χ1n) is 4.95. The molecule has 1 aromatic carbocycles. The molecular weight excluding hydrogens is 208 g/mol. The molecule has 0 radical (unpaired) electrons. The summed E-state index contributed by atoms with van der Waals surface area (Å²) in [6.07, 6.45) is -0.548. The quantitative estimate of drug-likeness (QED) is 0.630. The molecule has 0 fully saturated rings. The molecule has 0 aliphatic heterocycles. The maximum absolute atomic E-state index is 10.3. The van der Waals surface area contributed by atoms with E-state index in [-0.39, 0.29) is 6.61 Å². The minimum atomic E-state index is -1.16. The SMILES string of the molecule is CCOC(=O)CC(=O)O.Cc1ccccc1. The lowest BCUT2D eigenvalue weighted by molar-refractivity contribution is -0.150. The van der Waals surface area contributed by atoms with Gasteiger partial charge in [0.2, 0.25) is 0 Å². The average Bonchev–Trinajstić information content (AvgIpc) is 2.18. The third-order valence-corrected chi connectivity index (χ3v) is 1.54. The monoisotopic (exact) mass is 224 g/mol. The number of carboxylic acid groups (broad SMARTS) is 1. The van der Waals surface area contributed by atoms with Gasteiger partial charge in [0.25, 0.3) is 0 Å². The summed E-state index contributed by atoms with van der Waals surface area (Å²) in [7, 11) is 0. The van der Waals surface area contributed by atoms with Crippen molar-refractivity contribution in [2.45, 2.75) is 20.3 Å². The Hall–Kier alpha value is -1.84. The number of rotatable bonds is 3. The smallest absolute Gasteiger partial charge is 0.317 e. The Balaban J connectivity index is 0.000000288. The first-order chi connectivity index (χ1) is 7.56. The molecule has 4 nitrogen and oxygen atoms in total. The number of aliphatic carboxylic acids is 1. The normalized spacial score (nSPS) is 8.62. The third-order valence-electron chi connectivity index (χ3n) is 1.54. The summed E-state index contributed by atoms with van der Waals surface area (Å²) in [5.74, 6) is -1.85. The maximum atomic E-state index is 10.3. The molecule has 1 aromatic rings. The van der Waals surface area contributed by atoms with Gasteiger partial charge in [-0.1, -0.05) is 35.9 Å². The second-order valence-corrected chi connectivity index (χ2v) is 3.03. The third kappa shape index (κ3) is 8.74. The molecule has 1 rings (SSSR count). The van der Waals surface area contributed by atoms with Crippen LogP contribution < -0.4 is 0 Å². The molecular formula is C12H16O4. The molecule has 1 N–H and O–H groups in total. The Labute approximate surface area is 94.9 Å². The van der Waals surface area contributed by atoms with Crippen LogP contribution in [0.2, 0.25) is 0 Å². The second kappa shape index (κ2) is 8.47. The van der Waals surface area contributed by atoms with Crippen molar-refractivity contribution in [3.8, 4) is 0 Å². The lowest BCUT2D eigenvalue weighted by Crippen LogP contribution is -2.09. The molecule has 0 spiro atoms. The first-order valence-corrected chi connectivity index (χ1v) is 4.95. The van der Waals surface area contributed by atoms with Gasteiger partial charge in [0.15, 0.2) is 0 Å². The van der Waals surface area contributed by atoms with Gasteiger partial charge in [-0.05, 0) is 13.8 Å². The van der Waals surface area contributed by atoms with Gasteiger partial charge in [-0.15, -0.1) is 0 Å². The summed E-state index contributed by atoms with van der Waals surface area (Å²) >= 11 is 0. The zero-order valence-electron chi connectivity index (χ0n) is 9.47. The topological polar surface area (TPSA) is 63.6 Å². The van der Waals surface area contributed by atoms with Gasteiger partial charge < -0.3 is 9.84 Å². The molecule has 0 atom stereocenters.